The number of ketones is 1. The zero-order valence-corrected chi connectivity index (χ0v) is 16.6. The van der Waals surface area contributed by atoms with E-state index in [9.17, 15) is 23.2 Å². The number of nitrogens with one attached hydrogen (secondary N) is 1. The van der Waals surface area contributed by atoms with E-state index in [2.05, 4.69) is 21.8 Å². The number of rotatable bonds is 8. The van der Waals surface area contributed by atoms with E-state index in [-0.39, 0.29) is 41.0 Å². The van der Waals surface area contributed by atoms with Crippen LogP contribution >= 0.6 is 11.8 Å². The summed E-state index contributed by atoms with van der Waals surface area (Å²) in [5.74, 6) is -2.59. The van der Waals surface area contributed by atoms with Gasteiger partial charge in [-0.25, -0.2) is 13.6 Å². The fourth-order valence-electron chi connectivity index (χ4n) is 2.62. The van der Waals surface area contributed by atoms with Crippen molar-refractivity contribution in [2.75, 3.05) is 5.75 Å². The molecule has 0 saturated carbocycles. The molecule has 2 aromatic heterocycles. The van der Waals surface area contributed by atoms with Crippen LogP contribution in [-0.2, 0) is 13.0 Å². The summed E-state index contributed by atoms with van der Waals surface area (Å²) in [6.07, 6.45) is 1.42. The van der Waals surface area contributed by atoms with Gasteiger partial charge in [0.25, 0.3) is 10.8 Å². The highest BCUT2D eigenvalue weighted by Crippen LogP contribution is 2.20. The molecule has 0 radical (unpaired) electrons. The molecular formula is C19H16F2N4O4S. The first-order valence-electron chi connectivity index (χ1n) is 8.67. The van der Waals surface area contributed by atoms with E-state index in [1.807, 2.05) is 0 Å². The second kappa shape index (κ2) is 8.99. The van der Waals surface area contributed by atoms with Crippen molar-refractivity contribution in [3.63, 3.8) is 0 Å². The molecule has 1 aromatic carbocycles. The lowest BCUT2D eigenvalue weighted by Crippen LogP contribution is -2.37. The lowest BCUT2D eigenvalue weighted by molar-refractivity contribution is 0.102. The summed E-state index contributed by atoms with van der Waals surface area (Å²) in [4.78, 5) is 39.1. The van der Waals surface area contributed by atoms with E-state index in [1.54, 1.807) is 6.92 Å². The van der Waals surface area contributed by atoms with Gasteiger partial charge in [-0.1, -0.05) is 17.8 Å². The van der Waals surface area contributed by atoms with Crippen LogP contribution in [0.2, 0.25) is 0 Å². The van der Waals surface area contributed by atoms with Crippen molar-refractivity contribution in [2.24, 2.45) is 0 Å². The minimum atomic E-state index is -1.11. The molecule has 8 nitrogen and oxygen atoms in total. The Kier molecular flexibility index (Phi) is 6.40. The van der Waals surface area contributed by atoms with Crippen LogP contribution in [0.1, 0.15) is 27.5 Å². The molecule has 0 unspecified atom stereocenters. The number of allylic oxidation sites excluding steroid dienone is 1. The fourth-order valence-corrected chi connectivity index (χ4v) is 3.30. The molecule has 0 spiro atoms. The van der Waals surface area contributed by atoms with Gasteiger partial charge in [-0.15, -0.1) is 16.8 Å². The van der Waals surface area contributed by atoms with Gasteiger partial charge in [0.15, 0.2) is 17.4 Å². The van der Waals surface area contributed by atoms with Crippen molar-refractivity contribution in [1.82, 2.24) is 19.7 Å². The maximum absolute atomic E-state index is 13.3. The number of hydrogen-bond donors (Lipinski definition) is 1. The number of H-pyrrole nitrogens is 1. The molecule has 2 heterocycles. The van der Waals surface area contributed by atoms with Gasteiger partial charge in [0.1, 0.15) is 0 Å². The van der Waals surface area contributed by atoms with Crippen LogP contribution in [-0.4, -0.2) is 31.3 Å². The maximum Gasteiger partial charge on any atom is 0.328 e. The molecular weight excluding hydrogens is 418 g/mol. The Hall–Kier alpha value is -3.34. The van der Waals surface area contributed by atoms with Crippen molar-refractivity contribution in [1.29, 1.82) is 0 Å². The van der Waals surface area contributed by atoms with Crippen molar-refractivity contribution in [2.45, 2.75) is 25.1 Å². The number of carbonyl (C=O) groups excluding carboxylic acids is 1. The first-order valence-corrected chi connectivity index (χ1v) is 9.65. The Morgan fingerprint density at radius 1 is 1.30 bits per heavy atom. The van der Waals surface area contributed by atoms with Gasteiger partial charge in [0, 0.05) is 23.4 Å². The molecule has 0 bridgehead atoms. The van der Waals surface area contributed by atoms with Gasteiger partial charge in [0.05, 0.1) is 12.2 Å². The van der Waals surface area contributed by atoms with E-state index in [0.717, 1.165) is 28.5 Å². The van der Waals surface area contributed by atoms with Gasteiger partial charge in [-0.3, -0.25) is 14.2 Å². The van der Waals surface area contributed by atoms with Gasteiger partial charge in [0.2, 0.25) is 5.89 Å². The summed E-state index contributed by atoms with van der Waals surface area (Å²) in [6.45, 7) is 5.16. The Balaban J connectivity index is 1.71. The van der Waals surface area contributed by atoms with Crippen molar-refractivity contribution in [3.05, 3.63) is 86.0 Å². The fraction of sp³-hybridized carbons (Fsp3) is 0.211. The lowest BCUT2D eigenvalue weighted by Gasteiger charge is -2.06. The summed E-state index contributed by atoms with van der Waals surface area (Å²) < 4.78 is 32.7. The second-order valence-electron chi connectivity index (χ2n) is 6.22. The van der Waals surface area contributed by atoms with E-state index < -0.39 is 28.7 Å². The van der Waals surface area contributed by atoms with E-state index in [0.29, 0.717) is 5.69 Å². The van der Waals surface area contributed by atoms with Crippen LogP contribution in [0.25, 0.3) is 0 Å². The number of aromatic amines is 1. The molecule has 11 heteroatoms. The average Bonchev–Trinajstić information content (AvgIpc) is 3.16. The maximum atomic E-state index is 13.3. The zero-order valence-electron chi connectivity index (χ0n) is 15.8. The van der Waals surface area contributed by atoms with Crippen LogP contribution in [0.5, 0.6) is 0 Å². The molecule has 156 valence electrons. The Labute approximate surface area is 172 Å². The number of Topliss-reactive ketones (excluding diaryl/α,β-unsaturated/α-hetero) is 1. The van der Waals surface area contributed by atoms with E-state index >= 15 is 0 Å². The molecule has 0 saturated heterocycles. The largest absolute Gasteiger partial charge is 0.416 e. The summed E-state index contributed by atoms with van der Waals surface area (Å²) in [5, 5.41) is 7.74. The van der Waals surface area contributed by atoms with Crippen LogP contribution in [0.3, 0.4) is 0 Å². The van der Waals surface area contributed by atoms with Crippen molar-refractivity contribution >= 4 is 17.5 Å². The summed E-state index contributed by atoms with van der Waals surface area (Å²) in [7, 11) is 0. The van der Waals surface area contributed by atoms with Crippen molar-refractivity contribution < 1.29 is 18.0 Å². The first kappa shape index (κ1) is 21.4. The highest BCUT2D eigenvalue weighted by Gasteiger charge is 2.17. The molecule has 30 heavy (non-hydrogen) atoms. The van der Waals surface area contributed by atoms with Crippen molar-refractivity contribution in [3.8, 4) is 0 Å². The van der Waals surface area contributed by atoms with Crippen LogP contribution in [0.15, 0.2) is 50.1 Å². The van der Waals surface area contributed by atoms with Gasteiger partial charge in [-0.2, -0.15) is 0 Å². The molecule has 3 rings (SSSR count). The summed E-state index contributed by atoms with van der Waals surface area (Å²) in [6, 6.07) is 2.89. The summed E-state index contributed by atoms with van der Waals surface area (Å²) in [5.41, 5.74) is -0.343. The van der Waals surface area contributed by atoms with Crippen LogP contribution < -0.4 is 11.2 Å². The molecule has 0 amide bonds. The molecule has 3 aromatic rings. The first-order chi connectivity index (χ1) is 14.3. The highest BCUT2D eigenvalue weighted by atomic mass is 32.2. The SMILES string of the molecule is C=CCn1c(=O)[nH]c(C)c(Cc2nnc(SCC(=O)c3ccc(F)c(F)c3)o2)c1=O. The monoisotopic (exact) mass is 434 g/mol. The number of aromatic nitrogens is 4. The Bertz CT molecular complexity index is 1230. The number of carbonyl (C=O) groups is 1. The number of halogens is 2. The normalized spacial score (nSPS) is 10.9. The second-order valence-corrected chi connectivity index (χ2v) is 7.14. The molecule has 0 aliphatic rings. The molecule has 0 fully saturated rings. The number of nitrogens with zero attached hydrogens (tertiary/aromatic N) is 3. The average molecular weight is 434 g/mol. The molecule has 0 atom stereocenters. The standard InChI is InChI=1S/C19H16F2N4O4S/c1-3-6-25-17(27)12(10(2)22-18(25)28)8-16-23-24-19(29-16)30-9-15(26)11-4-5-13(20)14(21)7-11/h3-5,7H,1,6,8-9H2,2H3,(H,22,28). The smallest absolute Gasteiger partial charge is 0.328 e. The van der Waals surface area contributed by atoms with E-state index in [1.165, 1.54) is 12.1 Å². The lowest BCUT2D eigenvalue weighted by atomic mass is 10.1. The molecule has 0 aliphatic heterocycles. The topological polar surface area (TPSA) is 111 Å². The molecule has 0 aliphatic carbocycles. The quantitative estimate of drug-likeness (QED) is 0.329. The third-order valence-electron chi connectivity index (χ3n) is 4.15. The number of thioether (sulfide) groups is 1. The minimum Gasteiger partial charge on any atom is -0.416 e. The Morgan fingerprint density at radius 3 is 2.77 bits per heavy atom. The zero-order chi connectivity index (χ0) is 21.8. The highest BCUT2D eigenvalue weighted by molar-refractivity contribution is 7.99. The number of benzene rings is 1. The number of hydrogen-bond acceptors (Lipinski definition) is 7. The van der Waals surface area contributed by atoms with Gasteiger partial charge in [-0.05, 0) is 25.1 Å². The minimum absolute atomic E-state index is 0.0106. The third-order valence-corrected chi connectivity index (χ3v) is 4.97. The predicted octanol–water partition coefficient (Wildman–Crippen LogP) is 2.26. The number of aryl methyl sites for hydroxylation is 1. The Morgan fingerprint density at radius 2 is 2.07 bits per heavy atom. The van der Waals surface area contributed by atoms with Gasteiger partial charge >= 0.3 is 5.69 Å². The van der Waals surface area contributed by atoms with Gasteiger partial charge < -0.3 is 9.40 Å². The summed E-state index contributed by atoms with van der Waals surface area (Å²) >= 11 is 0.927. The van der Waals surface area contributed by atoms with E-state index in [4.69, 9.17) is 4.42 Å². The molecule has 1 N–H and O–H groups in total. The van der Waals surface area contributed by atoms with Crippen LogP contribution in [0.4, 0.5) is 8.78 Å². The van der Waals surface area contributed by atoms with Crippen LogP contribution in [0, 0.1) is 18.6 Å². The predicted molar refractivity (Wildman–Crippen MR) is 105 cm³/mol. The third kappa shape index (κ3) is 4.62.